The lowest BCUT2D eigenvalue weighted by atomic mass is 9.68. The molecule has 2 aromatic carbocycles. The molecule has 1 amide bonds. The van der Waals surface area contributed by atoms with Gasteiger partial charge in [0.05, 0.1) is 19.9 Å². The highest BCUT2D eigenvalue weighted by atomic mass is 16.5. The molecule has 33 heavy (non-hydrogen) atoms. The molecular formula is C27H30N2O4. The van der Waals surface area contributed by atoms with Crippen LogP contribution < -0.4 is 20.1 Å². The van der Waals surface area contributed by atoms with Gasteiger partial charge in [-0.1, -0.05) is 38.1 Å². The number of allylic oxidation sites excluding steroid dienone is 3. The first-order valence-electron chi connectivity index (χ1n) is 11.1. The molecule has 4 rings (SSSR count). The van der Waals surface area contributed by atoms with Crippen molar-refractivity contribution in [2.75, 3.05) is 19.5 Å². The van der Waals surface area contributed by atoms with E-state index in [0.29, 0.717) is 34.8 Å². The van der Waals surface area contributed by atoms with Crippen molar-refractivity contribution < 1.29 is 19.1 Å². The number of methoxy groups -OCH3 is 2. The lowest BCUT2D eigenvalue weighted by Crippen LogP contribution is -2.39. The molecule has 2 N–H and O–H groups in total. The normalized spacial score (nSPS) is 19.5. The van der Waals surface area contributed by atoms with Crippen LogP contribution in [0.4, 0.5) is 5.69 Å². The van der Waals surface area contributed by atoms with Gasteiger partial charge in [-0.25, -0.2) is 0 Å². The molecule has 1 heterocycles. The number of carbonyl (C=O) groups is 2. The van der Waals surface area contributed by atoms with Crippen LogP contribution in [0.1, 0.15) is 45.1 Å². The fraction of sp³-hybridized carbons (Fsp3) is 0.333. The first kappa shape index (κ1) is 22.6. The zero-order valence-electron chi connectivity index (χ0n) is 19.7. The molecule has 0 saturated carbocycles. The Morgan fingerprint density at radius 3 is 2.55 bits per heavy atom. The van der Waals surface area contributed by atoms with Crippen molar-refractivity contribution in [2.45, 2.75) is 39.5 Å². The van der Waals surface area contributed by atoms with E-state index >= 15 is 0 Å². The maximum absolute atomic E-state index is 13.7. The van der Waals surface area contributed by atoms with Crippen LogP contribution in [-0.2, 0) is 9.59 Å². The predicted octanol–water partition coefficient (Wildman–Crippen LogP) is 4.95. The Hall–Kier alpha value is -3.54. The Morgan fingerprint density at radius 2 is 1.82 bits per heavy atom. The van der Waals surface area contributed by atoms with E-state index in [0.717, 1.165) is 23.4 Å². The number of hydrogen-bond acceptors (Lipinski definition) is 5. The van der Waals surface area contributed by atoms with Crippen LogP contribution in [-0.4, -0.2) is 25.9 Å². The van der Waals surface area contributed by atoms with Crippen molar-refractivity contribution in [1.29, 1.82) is 0 Å². The van der Waals surface area contributed by atoms with Crippen LogP contribution in [0.2, 0.25) is 0 Å². The van der Waals surface area contributed by atoms with Gasteiger partial charge in [0.25, 0.3) is 5.91 Å². The fourth-order valence-electron chi connectivity index (χ4n) is 4.83. The van der Waals surface area contributed by atoms with Gasteiger partial charge in [0, 0.05) is 34.9 Å². The summed E-state index contributed by atoms with van der Waals surface area (Å²) in [6.45, 7) is 6.08. The zero-order valence-corrected chi connectivity index (χ0v) is 19.7. The quantitative estimate of drug-likeness (QED) is 0.680. The smallest absolute Gasteiger partial charge is 0.254 e. The third-order valence-corrected chi connectivity index (χ3v) is 6.27. The monoisotopic (exact) mass is 446 g/mol. The van der Waals surface area contributed by atoms with E-state index in [-0.39, 0.29) is 17.1 Å². The van der Waals surface area contributed by atoms with E-state index < -0.39 is 5.92 Å². The van der Waals surface area contributed by atoms with Gasteiger partial charge in [-0.3, -0.25) is 9.59 Å². The lowest BCUT2D eigenvalue weighted by molar-refractivity contribution is -0.118. The molecule has 0 saturated heterocycles. The summed E-state index contributed by atoms with van der Waals surface area (Å²) >= 11 is 0. The van der Waals surface area contributed by atoms with E-state index in [1.807, 2.05) is 43.3 Å². The number of Topliss-reactive ketones (excluding diaryl/α,β-unsaturated/α-hetero) is 1. The van der Waals surface area contributed by atoms with Gasteiger partial charge in [-0.2, -0.15) is 0 Å². The fourth-order valence-corrected chi connectivity index (χ4v) is 4.83. The summed E-state index contributed by atoms with van der Waals surface area (Å²) < 4.78 is 10.8. The van der Waals surface area contributed by atoms with Crippen molar-refractivity contribution in [3.63, 3.8) is 0 Å². The van der Waals surface area contributed by atoms with Gasteiger partial charge in [-0.05, 0) is 48.6 Å². The Morgan fingerprint density at radius 1 is 1.06 bits per heavy atom. The third-order valence-electron chi connectivity index (χ3n) is 6.27. The number of amides is 1. The van der Waals surface area contributed by atoms with Crippen LogP contribution in [0, 0.1) is 5.41 Å². The van der Waals surface area contributed by atoms with Crippen molar-refractivity contribution in [2.24, 2.45) is 5.41 Å². The molecule has 6 nitrogen and oxygen atoms in total. The Labute approximate surface area is 194 Å². The number of rotatable bonds is 5. The number of ether oxygens (including phenoxy) is 2. The summed E-state index contributed by atoms with van der Waals surface area (Å²) in [6.07, 6.45) is 1.18. The summed E-state index contributed by atoms with van der Waals surface area (Å²) in [5.41, 5.74) is 4.10. The van der Waals surface area contributed by atoms with Crippen LogP contribution in [0.3, 0.4) is 0 Å². The summed E-state index contributed by atoms with van der Waals surface area (Å²) in [4.78, 5) is 27.1. The number of hydrogen-bond donors (Lipinski definition) is 2. The first-order chi connectivity index (χ1) is 15.7. The highest BCUT2D eigenvalue weighted by Gasteiger charge is 2.42. The topological polar surface area (TPSA) is 76.7 Å². The Balaban J connectivity index is 1.82. The summed E-state index contributed by atoms with van der Waals surface area (Å²) in [5, 5.41) is 6.38. The average Bonchev–Trinajstić information content (AvgIpc) is 2.77. The predicted molar refractivity (Wildman–Crippen MR) is 128 cm³/mol. The van der Waals surface area contributed by atoms with Gasteiger partial charge in [0.2, 0.25) is 0 Å². The van der Waals surface area contributed by atoms with E-state index in [4.69, 9.17) is 9.47 Å². The second-order valence-electron chi connectivity index (χ2n) is 9.36. The standard InChI is InChI=1S/C27H30N2O4/c1-16-23(26(31)29-19-11-6-7-12-22(19)33-5)24(17-9-8-10-18(13-17)32-4)25-20(28-16)14-27(2,3)15-21(25)30/h6-13,24,28H,14-15H2,1-5H3,(H,29,31)/t24-/m1/s1. The first-order valence-corrected chi connectivity index (χ1v) is 11.1. The van der Waals surface area contributed by atoms with Crippen LogP contribution in [0.5, 0.6) is 11.5 Å². The van der Waals surface area contributed by atoms with Crippen molar-refractivity contribution >= 4 is 17.4 Å². The number of dihydropyridines is 1. The van der Waals surface area contributed by atoms with E-state index in [1.54, 1.807) is 26.4 Å². The third kappa shape index (κ3) is 4.38. The second kappa shape index (κ2) is 8.77. The molecule has 1 aliphatic carbocycles. The van der Waals surface area contributed by atoms with Gasteiger partial charge in [0.1, 0.15) is 11.5 Å². The molecule has 2 aromatic rings. The van der Waals surface area contributed by atoms with Crippen LogP contribution in [0.25, 0.3) is 0 Å². The van der Waals surface area contributed by atoms with Crippen LogP contribution >= 0.6 is 0 Å². The minimum absolute atomic E-state index is 0.0664. The molecular weight excluding hydrogens is 416 g/mol. The zero-order chi connectivity index (χ0) is 23.8. The molecule has 0 bridgehead atoms. The molecule has 0 radical (unpaired) electrons. The highest BCUT2D eigenvalue weighted by Crippen LogP contribution is 2.47. The van der Waals surface area contributed by atoms with Gasteiger partial charge in [0.15, 0.2) is 5.78 Å². The number of benzene rings is 2. The average molecular weight is 447 g/mol. The molecule has 2 aliphatic rings. The largest absolute Gasteiger partial charge is 0.497 e. The maximum Gasteiger partial charge on any atom is 0.254 e. The van der Waals surface area contributed by atoms with E-state index in [1.165, 1.54) is 0 Å². The number of para-hydroxylation sites is 2. The molecule has 6 heteroatoms. The summed E-state index contributed by atoms with van der Waals surface area (Å²) in [7, 11) is 3.17. The summed E-state index contributed by atoms with van der Waals surface area (Å²) in [5.74, 6) is 0.549. The minimum atomic E-state index is -0.491. The molecule has 0 spiro atoms. The molecule has 0 aromatic heterocycles. The maximum atomic E-state index is 13.7. The Bertz CT molecular complexity index is 1180. The highest BCUT2D eigenvalue weighted by molar-refractivity contribution is 6.10. The summed E-state index contributed by atoms with van der Waals surface area (Å²) in [6, 6.07) is 14.9. The lowest BCUT2D eigenvalue weighted by Gasteiger charge is -2.39. The molecule has 172 valence electrons. The van der Waals surface area contributed by atoms with Crippen molar-refractivity contribution in [1.82, 2.24) is 5.32 Å². The number of anilines is 1. The van der Waals surface area contributed by atoms with E-state index in [9.17, 15) is 9.59 Å². The van der Waals surface area contributed by atoms with E-state index in [2.05, 4.69) is 24.5 Å². The SMILES string of the molecule is COc1cccc([C@@H]2C(C(=O)Nc3ccccc3OC)=C(C)NC3=C2C(=O)CC(C)(C)C3)c1. The molecule has 1 atom stereocenters. The van der Waals surface area contributed by atoms with Gasteiger partial charge in [-0.15, -0.1) is 0 Å². The molecule has 0 fully saturated rings. The number of nitrogens with one attached hydrogen (secondary N) is 2. The number of carbonyl (C=O) groups excluding carboxylic acids is 2. The van der Waals surface area contributed by atoms with Crippen molar-refractivity contribution in [3.05, 3.63) is 76.6 Å². The van der Waals surface area contributed by atoms with Crippen molar-refractivity contribution in [3.8, 4) is 11.5 Å². The minimum Gasteiger partial charge on any atom is -0.497 e. The van der Waals surface area contributed by atoms with Gasteiger partial charge >= 0.3 is 0 Å². The van der Waals surface area contributed by atoms with Gasteiger partial charge < -0.3 is 20.1 Å². The number of ketones is 1. The Kier molecular flexibility index (Phi) is 6.02. The second-order valence-corrected chi connectivity index (χ2v) is 9.36. The molecule has 1 aliphatic heterocycles. The van der Waals surface area contributed by atoms with Crippen LogP contribution in [0.15, 0.2) is 71.1 Å². The molecule has 0 unspecified atom stereocenters.